The van der Waals surface area contributed by atoms with Gasteiger partial charge >= 0.3 is 0 Å². The second-order valence-corrected chi connectivity index (χ2v) is 5.28. The summed E-state index contributed by atoms with van der Waals surface area (Å²) in [5, 5.41) is 10.8. The lowest BCUT2D eigenvalue weighted by molar-refractivity contribution is -0.384. The molecular weight excluding hydrogens is 357 g/mol. The van der Waals surface area contributed by atoms with Gasteiger partial charge in [-0.1, -0.05) is 39.1 Å². The topological polar surface area (TPSA) is 52.4 Å². The van der Waals surface area contributed by atoms with Crippen molar-refractivity contribution in [3.8, 4) is 11.5 Å². The Bertz CT molecular complexity index is 608. The largest absolute Gasteiger partial charge is 0.454 e. The highest BCUT2D eigenvalue weighted by Crippen LogP contribution is 2.39. The molecule has 98 valence electrons. The van der Waals surface area contributed by atoms with Crippen LogP contribution in [0.5, 0.6) is 11.5 Å². The van der Waals surface area contributed by atoms with E-state index in [4.69, 9.17) is 27.9 Å². The van der Waals surface area contributed by atoms with Crippen LogP contribution < -0.4 is 4.74 Å². The van der Waals surface area contributed by atoms with Crippen LogP contribution in [0.3, 0.4) is 0 Å². The van der Waals surface area contributed by atoms with Crippen LogP contribution in [0.2, 0.25) is 10.0 Å². The molecular formula is C12H6BrCl2NO3. The van der Waals surface area contributed by atoms with Gasteiger partial charge in [0.25, 0.3) is 5.69 Å². The minimum atomic E-state index is -0.568. The molecule has 0 fully saturated rings. The molecule has 2 aromatic rings. The maximum absolute atomic E-state index is 10.7. The van der Waals surface area contributed by atoms with Gasteiger partial charge < -0.3 is 4.74 Å². The Morgan fingerprint density at radius 1 is 1.11 bits per heavy atom. The summed E-state index contributed by atoms with van der Waals surface area (Å²) in [5.74, 6) is 0.720. The number of halogens is 3. The number of nitrogens with zero attached hydrogens (tertiary/aromatic N) is 1. The van der Waals surface area contributed by atoms with Gasteiger partial charge in [-0.25, -0.2) is 0 Å². The summed E-state index contributed by atoms with van der Waals surface area (Å²) < 4.78 is 6.43. The van der Waals surface area contributed by atoms with Gasteiger partial charge in [0.2, 0.25) is 0 Å². The van der Waals surface area contributed by atoms with E-state index in [9.17, 15) is 10.1 Å². The molecule has 0 bridgehead atoms. The van der Waals surface area contributed by atoms with Gasteiger partial charge in [0.05, 0.1) is 15.0 Å². The fourth-order valence-electron chi connectivity index (χ4n) is 1.37. The number of rotatable bonds is 3. The number of benzene rings is 2. The van der Waals surface area contributed by atoms with Crippen LogP contribution in [0.25, 0.3) is 0 Å². The van der Waals surface area contributed by atoms with Gasteiger partial charge in [-0.3, -0.25) is 10.1 Å². The van der Waals surface area contributed by atoms with Crippen LogP contribution in [0.4, 0.5) is 5.69 Å². The Labute approximate surface area is 127 Å². The maximum Gasteiger partial charge on any atom is 0.272 e. The van der Waals surface area contributed by atoms with E-state index in [1.807, 2.05) is 0 Å². The van der Waals surface area contributed by atoms with Gasteiger partial charge in [-0.2, -0.15) is 0 Å². The van der Waals surface area contributed by atoms with Crippen molar-refractivity contribution in [3.63, 3.8) is 0 Å². The lowest BCUT2D eigenvalue weighted by Crippen LogP contribution is -1.91. The fourth-order valence-corrected chi connectivity index (χ4v) is 2.19. The van der Waals surface area contributed by atoms with Gasteiger partial charge in [-0.15, -0.1) is 0 Å². The lowest BCUT2D eigenvalue weighted by atomic mass is 10.3. The van der Waals surface area contributed by atoms with E-state index in [0.717, 1.165) is 4.47 Å². The summed E-state index contributed by atoms with van der Waals surface area (Å²) in [5.41, 5.74) is -0.182. The highest BCUT2D eigenvalue weighted by Gasteiger charge is 2.16. The first-order chi connectivity index (χ1) is 8.97. The standard InChI is InChI=1S/C12H6BrCl2NO3/c13-7-1-3-9(4-2-7)19-12-10(14)5-8(16(17)18)6-11(12)15/h1-6H. The normalized spacial score (nSPS) is 10.3. The van der Waals surface area contributed by atoms with Crippen molar-refractivity contribution in [3.05, 3.63) is 61.0 Å². The zero-order valence-electron chi connectivity index (χ0n) is 9.27. The monoisotopic (exact) mass is 361 g/mol. The van der Waals surface area contributed by atoms with Crippen LogP contribution in [0.15, 0.2) is 40.9 Å². The Morgan fingerprint density at radius 3 is 2.11 bits per heavy atom. The van der Waals surface area contributed by atoms with Crippen LogP contribution in [0.1, 0.15) is 0 Å². The summed E-state index contributed by atoms with van der Waals surface area (Å²) in [6.45, 7) is 0. The van der Waals surface area contributed by atoms with Crippen LogP contribution in [-0.4, -0.2) is 4.92 Å². The predicted molar refractivity (Wildman–Crippen MR) is 77.3 cm³/mol. The Balaban J connectivity index is 2.35. The molecule has 19 heavy (non-hydrogen) atoms. The van der Waals surface area contributed by atoms with E-state index in [1.165, 1.54) is 12.1 Å². The van der Waals surface area contributed by atoms with Crippen molar-refractivity contribution < 1.29 is 9.66 Å². The van der Waals surface area contributed by atoms with Crippen molar-refractivity contribution in [2.75, 3.05) is 0 Å². The van der Waals surface area contributed by atoms with Crippen LogP contribution in [0, 0.1) is 10.1 Å². The molecule has 0 spiro atoms. The molecule has 0 atom stereocenters. The zero-order chi connectivity index (χ0) is 14.0. The molecule has 2 aromatic carbocycles. The van der Waals surface area contributed by atoms with Gasteiger partial charge in [0.15, 0.2) is 5.75 Å². The third kappa shape index (κ3) is 3.37. The summed E-state index contributed by atoms with van der Waals surface area (Å²) in [6, 6.07) is 9.42. The van der Waals surface area contributed by atoms with E-state index in [0.29, 0.717) is 5.75 Å². The molecule has 0 N–H and O–H groups in total. The highest BCUT2D eigenvalue weighted by atomic mass is 79.9. The first kappa shape index (κ1) is 14.1. The van der Waals surface area contributed by atoms with Gasteiger partial charge in [-0.05, 0) is 24.3 Å². The molecule has 0 radical (unpaired) electrons. The summed E-state index contributed by atoms with van der Waals surface area (Å²) >= 11 is 15.2. The van der Waals surface area contributed by atoms with E-state index in [-0.39, 0.29) is 21.5 Å². The first-order valence-corrected chi connectivity index (χ1v) is 6.59. The Hall–Kier alpha value is -1.30. The molecule has 0 saturated heterocycles. The Morgan fingerprint density at radius 2 is 1.63 bits per heavy atom. The van der Waals surface area contributed by atoms with E-state index in [1.54, 1.807) is 24.3 Å². The number of ether oxygens (including phenoxy) is 1. The van der Waals surface area contributed by atoms with Gasteiger partial charge in [0.1, 0.15) is 5.75 Å². The van der Waals surface area contributed by atoms with E-state index >= 15 is 0 Å². The molecule has 4 nitrogen and oxygen atoms in total. The third-order valence-electron chi connectivity index (χ3n) is 2.23. The molecule has 0 saturated carbocycles. The van der Waals surface area contributed by atoms with Crippen molar-refractivity contribution in [1.82, 2.24) is 0 Å². The first-order valence-electron chi connectivity index (χ1n) is 5.04. The molecule has 2 rings (SSSR count). The van der Waals surface area contributed by atoms with E-state index < -0.39 is 4.92 Å². The SMILES string of the molecule is O=[N+]([O-])c1cc(Cl)c(Oc2ccc(Br)cc2)c(Cl)c1. The zero-order valence-corrected chi connectivity index (χ0v) is 12.4. The predicted octanol–water partition coefficient (Wildman–Crippen LogP) is 5.46. The minimum absolute atomic E-state index is 0.0853. The fraction of sp³-hybridized carbons (Fsp3) is 0. The lowest BCUT2D eigenvalue weighted by Gasteiger charge is -2.09. The van der Waals surface area contributed by atoms with Crippen molar-refractivity contribution >= 4 is 44.8 Å². The molecule has 0 aliphatic carbocycles. The van der Waals surface area contributed by atoms with Crippen molar-refractivity contribution in [1.29, 1.82) is 0 Å². The highest BCUT2D eigenvalue weighted by molar-refractivity contribution is 9.10. The number of hydrogen-bond acceptors (Lipinski definition) is 3. The van der Waals surface area contributed by atoms with Crippen molar-refractivity contribution in [2.45, 2.75) is 0 Å². The summed E-state index contributed by atoms with van der Waals surface area (Å²) in [6.07, 6.45) is 0. The van der Waals surface area contributed by atoms with Crippen molar-refractivity contribution in [2.24, 2.45) is 0 Å². The molecule has 0 amide bonds. The van der Waals surface area contributed by atoms with Crippen LogP contribution in [-0.2, 0) is 0 Å². The molecule has 0 heterocycles. The number of hydrogen-bond donors (Lipinski definition) is 0. The quantitative estimate of drug-likeness (QED) is 0.538. The average Bonchev–Trinajstić information content (AvgIpc) is 2.35. The van der Waals surface area contributed by atoms with E-state index in [2.05, 4.69) is 15.9 Å². The molecule has 0 aliphatic rings. The van der Waals surface area contributed by atoms with Crippen LogP contribution >= 0.6 is 39.1 Å². The third-order valence-corrected chi connectivity index (χ3v) is 3.32. The summed E-state index contributed by atoms with van der Waals surface area (Å²) in [4.78, 5) is 10.1. The second-order valence-electron chi connectivity index (χ2n) is 3.55. The van der Waals surface area contributed by atoms with Gasteiger partial charge in [0, 0.05) is 16.6 Å². The average molecular weight is 363 g/mol. The number of nitro benzene ring substituents is 1. The Kier molecular flexibility index (Phi) is 4.29. The maximum atomic E-state index is 10.7. The number of nitro groups is 1. The summed E-state index contributed by atoms with van der Waals surface area (Å²) in [7, 11) is 0. The molecule has 7 heteroatoms. The molecule has 0 unspecified atom stereocenters. The minimum Gasteiger partial charge on any atom is -0.454 e. The number of non-ortho nitro benzene ring substituents is 1. The molecule has 0 aromatic heterocycles. The molecule has 0 aliphatic heterocycles. The smallest absolute Gasteiger partial charge is 0.272 e. The second kappa shape index (κ2) is 5.77.